The van der Waals surface area contributed by atoms with E-state index in [9.17, 15) is 4.79 Å². The number of methoxy groups -OCH3 is 1. The molecule has 0 bridgehead atoms. The summed E-state index contributed by atoms with van der Waals surface area (Å²) >= 11 is 1.55. The second-order valence-corrected chi connectivity index (χ2v) is 5.06. The highest BCUT2D eigenvalue weighted by molar-refractivity contribution is 7.09. The van der Waals surface area contributed by atoms with Crippen molar-refractivity contribution in [3.05, 3.63) is 39.8 Å². The lowest BCUT2D eigenvalue weighted by atomic mass is 10.1. The molecule has 0 saturated heterocycles. The Morgan fingerprint density at radius 3 is 2.95 bits per heavy atom. The second-order valence-electron chi connectivity index (χ2n) is 3.99. The van der Waals surface area contributed by atoms with E-state index in [4.69, 9.17) is 10.5 Å². The number of carbonyl (C=O) groups is 1. The average Bonchev–Trinajstić information content (AvgIpc) is 2.82. The minimum atomic E-state index is -0.234. The maximum Gasteiger partial charge on any atom is 0.253 e. The van der Waals surface area contributed by atoms with Crippen molar-refractivity contribution in [2.45, 2.75) is 13.5 Å². The first-order valence-corrected chi connectivity index (χ1v) is 6.61. The van der Waals surface area contributed by atoms with E-state index in [2.05, 4.69) is 10.3 Å². The fourth-order valence-electron chi connectivity index (χ4n) is 1.61. The molecule has 6 heteroatoms. The van der Waals surface area contributed by atoms with Crippen molar-refractivity contribution < 1.29 is 9.53 Å². The monoisotopic (exact) mass is 277 g/mol. The molecule has 0 aliphatic carbocycles. The number of rotatable bonds is 4. The van der Waals surface area contributed by atoms with Gasteiger partial charge < -0.3 is 15.8 Å². The number of hydrogen-bond acceptors (Lipinski definition) is 5. The van der Waals surface area contributed by atoms with E-state index in [1.165, 1.54) is 0 Å². The Morgan fingerprint density at radius 2 is 2.32 bits per heavy atom. The second kappa shape index (κ2) is 5.71. The van der Waals surface area contributed by atoms with E-state index >= 15 is 0 Å². The molecule has 19 heavy (non-hydrogen) atoms. The number of nitrogens with two attached hydrogens (primary N) is 1. The Labute approximate surface area is 115 Å². The third-order valence-corrected chi connectivity index (χ3v) is 3.42. The quantitative estimate of drug-likeness (QED) is 0.838. The first-order chi connectivity index (χ1) is 9.10. The van der Waals surface area contributed by atoms with E-state index in [0.717, 1.165) is 10.7 Å². The number of nitrogens with one attached hydrogen (secondary N) is 1. The maximum atomic E-state index is 12.0. The van der Waals surface area contributed by atoms with Gasteiger partial charge in [0.25, 0.3) is 5.91 Å². The van der Waals surface area contributed by atoms with E-state index < -0.39 is 0 Å². The summed E-state index contributed by atoms with van der Waals surface area (Å²) in [5, 5.41) is 5.69. The third-order valence-electron chi connectivity index (χ3n) is 2.60. The Hall–Kier alpha value is -2.08. The molecule has 0 saturated carbocycles. The Kier molecular flexibility index (Phi) is 4.01. The molecule has 5 nitrogen and oxygen atoms in total. The Balaban J connectivity index is 2.07. The van der Waals surface area contributed by atoms with Crippen LogP contribution in [0, 0.1) is 6.92 Å². The molecule has 0 aliphatic rings. The van der Waals surface area contributed by atoms with Crippen LogP contribution in [-0.4, -0.2) is 18.0 Å². The molecular formula is C13H15N3O2S. The number of benzene rings is 1. The van der Waals surface area contributed by atoms with Crippen molar-refractivity contribution in [3.63, 3.8) is 0 Å². The number of aryl methyl sites for hydroxylation is 1. The normalized spacial score (nSPS) is 10.2. The molecule has 1 heterocycles. The summed E-state index contributed by atoms with van der Waals surface area (Å²) in [5.74, 6) is 0.367. The summed E-state index contributed by atoms with van der Waals surface area (Å²) in [6.07, 6.45) is 0. The largest absolute Gasteiger partial charge is 0.497 e. The molecule has 2 rings (SSSR count). The molecule has 2 aromatic rings. The molecule has 0 unspecified atom stereocenters. The van der Waals surface area contributed by atoms with Gasteiger partial charge in [0, 0.05) is 11.1 Å². The zero-order chi connectivity index (χ0) is 13.8. The zero-order valence-corrected chi connectivity index (χ0v) is 11.6. The number of hydrogen-bond donors (Lipinski definition) is 2. The standard InChI is InChI=1S/C13H15N3O2S/c1-8-16-9(7-19-8)6-15-13(17)11-5-10(18-2)3-4-12(11)14/h3-5,7H,6,14H2,1-2H3,(H,15,17). The Bertz CT molecular complexity index is 595. The van der Waals surface area contributed by atoms with Crippen molar-refractivity contribution in [2.75, 3.05) is 12.8 Å². The molecule has 1 aromatic carbocycles. The number of amides is 1. The summed E-state index contributed by atoms with van der Waals surface area (Å²) in [4.78, 5) is 16.3. The number of anilines is 1. The molecule has 0 spiro atoms. The van der Waals surface area contributed by atoms with E-state index in [1.54, 1.807) is 36.6 Å². The SMILES string of the molecule is COc1ccc(N)c(C(=O)NCc2csc(C)n2)c1. The van der Waals surface area contributed by atoms with Gasteiger partial charge in [0.2, 0.25) is 0 Å². The lowest BCUT2D eigenvalue weighted by Crippen LogP contribution is -2.24. The van der Waals surface area contributed by atoms with Crippen molar-refractivity contribution in [3.8, 4) is 5.75 Å². The van der Waals surface area contributed by atoms with Crippen molar-refractivity contribution in [1.82, 2.24) is 10.3 Å². The fraction of sp³-hybridized carbons (Fsp3) is 0.231. The van der Waals surface area contributed by atoms with Gasteiger partial charge in [0.15, 0.2) is 0 Å². The highest BCUT2D eigenvalue weighted by atomic mass is 32.1. The van der Waals surface area contributed by atoms with Crippen molar-refractivity contribution >= 4 is 22.9 Å². The lowest BCUT2D eigenvalue weighted by Gasteiger charge is -2.08. The van der Waals surface area contributed by atoms with Gasteiger partial charge in [-0.05, 0) is 25.1 Å². The van der Waals surface area contributed by atoms with Crippen LogP contribution in [-0.2, 0) is 6.54 Å². The van der Waals surface area contributed by atoms with Gasteiger partial charge in [0.1, 0.15) is 5.75 Å². The minimum absolute atomic E-state index is 0.234. The molecule has 1 amide bonds. The highest BCUT2D eigenvalue weighted by Crippen LogP contribution is 2.19. The van der Waals surface area contributed by atoms with E-state index in [1.807, 2.05) is 12.3 Å². The van der Waals surface area contributed by atoms with Gasteiger partial charge >= 0.3 is 0 Å². The van der Waals surface area contributed by atoms with Gasteiger partial charge in [0.05, 0.1) is 29.9 Å². The maximum absolute atomic E-state index is 12.0. The van der Waals surface area contributed by atoms with Gasteiger partial charge in [-0.3, -0.25) is 4.79 Å². The summed E-state index contributed by atoms with van der Waals surface area (Å²) in [6, 6.07) is 4.99. The highest BCUT2D eigenvalue weighted by Gasteiger charge is 2.11. The summed E-state index contributed by atoms with van der Waals surface area (Å²) < 4.78 is 5.08. The van der Waals surface area contributed by atoms with Crippen molar-refractivity contribution in [2.24, 2.45) is 0 Å². The molecule has 0 radical (unpaired) electrons. The van der Waals surface area contributed by atoms with Crippen LogP contribution in [0.5, 0.6) is 5.75 Å². The van der Waals surface area contributed by atoms with Crippen LogP contribution in [0.3, 0.4) is 0 Å². The first kappa shape index (κ1) is 13.4. The number of thiazole rings is 1. The van der Waals surface area contributed by atoms with Gasteiger partial charge in [-0.25, -0.2) is 4.98 Å². The summed E-state index contributed by atoms with van der Waals surface area (Å²) in [5.41, 5.74) is 7.47. The van der Waals surface area contributed by atoms with Crippen LogP contribution in [0.1, 0.15) is 21.1 Å². The van der Waals surface area contributed by atoms with Crippen LogP contribution in [0.2, 0.25) is 0 Å². The van der Waals surface area contributed by atoms with E-state index in [-0.39, 0.29) is 5.91 Å². The first-order valence-electron chi connectivity index (χ1n) is 5.73. The molecule has 0 aliphatic heterocycles. The Morgan fingerprint density at radius 1 is 1.53 bits per heavy atom. The fourth-order valence-corrected chi connectivity index (χ4v) is 2.23. The van der Waals surface area contributed by atoms with Crippen LogP contribution >= 0.6 is 11.3 Å². The van der Waals surface area contributed by atoms with Gasteiger partial charge in [-0.2, -0.15) is 0 Å². The number of carbonyl (C=O) groups excluding carboxylic acids is 1. The summed E-state index contributed by atoms with van der Waals surface area (Å²) in [6.45, 7) is 2.32. The summed E-state index contributed by atoms with van der Waals surface area (Å²) in [7, 11) is 1.55. The molecule has 0 atom stereocenters. The molecule has 100 valence electrons. The molecule has 3 N–H and O–H groups in total. The number of nitrogen functional groups attached to an aromatic ring is 1. The van der Waals surface area contributed by atoms with Gasteiger partial charge in [-0.1, -0.05) is 0 Å². The molecular weight excluding hydrogens is 262 g/mol. The number of ether oxygens (including phenoxy) is 1. The van der Waals surface area contributed by atoms with Crippen LogP contribution in [0.4, 0.5) is 5.69 Å². The number of aromatic nitrogens is 1. The predicted molar refractivity (Wildman–Crippen MR) is 75.4 cm³/mol. The average molecular weight is 277 g/mol. The third kappa shape index (κ3) is 3.23. The molecule has 0 fully saturated rings. The lowest BCUT2D eigenvalue weighted by molar-refractivity contribution is 0.0951. The zero-order valence-electron chi connectivity index (χ0n) is 10.8. The molecule has 1 aromatic heterocycles. The van der Waals surface area contributed by atoms with E-state index in [0.29, 0.717) is 23.5 Å². The van der Waals surface area contributed by atoms with Crippen molar-refractivity contribution in [1.29, 1.82) is 0 Å². The van der Waals surface area contributed by atoms with Crippen LogP contribution in [0.25, 0.3) is 0 Å². The van der Waals surface area contributed by atoms with Crippen LogP contribution < -0.4 is 15.8 Å². The smallest absolute Gasteiger partial charge is 0.253 e. The minimum Gasteiger partial charge on any atom is -0.497 e. The number of nitrogens with zero attached hydrogens (tertiary/aromatic N) is 1. The van der Waals surface area contributed by atoms with Crippen LogP contribution in [0.15, 0.2) is 23.6 Å². The van der Waals surface area contributed by atoms with Gasteiger partial charge in [-0.15, -0.1) is 11.3 Å². The topological polar surface area (TPSA) is 77.2 Å². The predicted octanol–water partition coefficient (Wildman–Crippen LogP) is 1.97.